The maximum Gasteiger partial charge on any atom is 0.316 e. The van der Waals surface area contributed by atoms with E-state index in [9.17, 15) is 9.90 Å². The molecule has 0 radical (unpaired) electrons. The van der Waals surface area contributed by atoms with Gasteiger partial charge in [-0.2, -0.15) is 9.97 Å². The van der Waals surface area contributed by atoms with E-state index in [4.69, 9.17) is 14.2 Å². The van der Waals surface area contributed by atoms with Gasteiger partial charge in [0.2, 0.25) is 0 Å². The van der Waals surface area contributed by atoms with Crippen LogP contribution in [0.25, 0.3) is 11.1 Å². The SMILES string of the molecule is Cc1nc(OC[C@H]2COC(C)(C)O2)nc(C)c1-c1cccc(CNc2ccc3c(c2)CC2(CC2)C3C(C)C(=O)O)c1C. The zero-order valence-electron chi connectivity index (χ0n) is 25.4. The minimum Gasteiger partial charge on any atom is -0.481 e. The molecule has 1 saturated heterocycles. The molecule has 1 saturated carbocycles. The third-order valence-corrected chi connectivity index (χ3v) is 9.38. The average molecular weight is 572 g/mol. The molecule has 1 aromatic heterocycles. The van der Waals surface area contributed by atoms with Gasteiger partial charge in [0.05, 0.1) is 23.9 Å². The first-order valence-corrected chi connectivity index (χ1v) is 14.9. The summed E-state index contributed by atoms with van der Waals surface area (Å²) in [6.45, 7) is 13.3. The molecule has 2 aromatic carbocycles. The van der Waals surface area contributed by atoms with Gasteiger partial charge in [0.25, 0.3) is 0 Å². The van der Waals surface area contributed by atoms with Crippen molar-refractivity contribution >= 4 is 11.7 Å². The zero-order valence-corrected chi connectivity index (χ0v) is 25.4. The minimum absolute atomic E-state index is 0.112. The molecule has 6 rings (SSSR count). The van der Waals surface area contributed by atoms with E-state index in [-0.39, 0.29) is 23.4 Å². The smallest absolute Gasteiger partial charge is 0.316 e. The van der Waals surface area contributed by atoms with E-state index in [1.165, 1.54) is 22.3 Å². The van der Waals surface area contributed by atoms with Crippen LogP contribution in [0.3, 0.4) is 0 Å². The maximum atomic E-state index is 11.8. The van der Waals surface area contributed by atoms with E-state index in [0.717, 1.165) is 47.5 Å². The summed E-state index contributed by atoms with van der Waals surface area (Å²) in [5.41, 5.74) is 9.98. The van der Waals surface area contributed by atoms with Gasteiger partial charge in [-0.05, 0) is 99.2 Å². The lowest BCUT2D eigenvalue weighted by molar-refractivity contribution is -0.142. The molecule has 3 aliphatic rings. The number of hydrogen-bond donors (Lipinski definition) is 2. The summed E-state index contributed by atoms with van der Waals surface area (Å²) in [6, 6.07) is 13.2. The minimum atomic E-state index is -0.701. The first-order chi connectivity index (χ1) is 20.0. The van der Waals surface area contributed by atoms with Crippen LogP contribution in [0.4, 0.5) is 5.69 Å². The molecule has 2 aliphatic carbocycles. The Labute approximate surface area is 247 Å². The lowest BCUT2D eigenvalue weighted by Crippen LogP contribution is -2.25. The Morgan fingerprint density at radius 1 is 1.14 bits per heavy atom. The van der Waals surface area contributed by atoms with Crippen molar-refractivity contribution in [2.75, 3.05) is 18.5 Å². The highest BCUT2D eigenvalue weighted by atomic mass is 16.7. The van der Waals surface area contributed by atoms with Gasteiger partial charge in [-0.1, -0.05) is 31.2 Å². The number of carboxylic acid groups (broad SMARTS) is 1. The number of aromatic nitrogens is 2. The highest BCUT2D eigenvalue weighted by molar-refractivity contribution is 5.73. The van der Waals surface area contributed by atoms with Crippen molar-refractivity contribution < 1.29 is 24.1 Å². The number of anilines is 1. The summed E-state index contributed by atoms with van der Waals surface area (Å²) >= 11 is 0. The molecular weight excluding hydrogens is 530 g/mol. The van der Waals surface area contributed by atoms with Crippen molar-refractivity contribution in [3.63, 3.8) is 0 Å². The van der Waals surface area contributed by atoms with Crippen molar-refractivity contribution in [2.45, 2.75) is 85.2 Å². The monoisotopic (exact) mass is 571 g/mol. The second-order valence-electron chi connectivity index (χ2n) is 12.8. The Kier molecular flexibility index (Phi) is 7.26. The fraction of sp³-hybridized carbons (Fsp3) is 0.500. The molecule has 8 heteroatoms. The third kappa shape index (κ3) is 5.38. The van der Waals surface area contributed by atoms with Gasteiger partial charge in [0, 0.05) is 23.7 Å². The molecule has 2 fully saturated rings. The van der Waals surface area contributed by atoms with Gasteiger partial charge in [-0.25, -0.2) is 0 Å². The van der Waals surface area contributed by atoms with E-state index >= 15 is 0 Å². The van der Waals surface area contributed by atoms with E-state index in [1.807, 2.05) is 34.6 Å². The van der Waals surface area contributed by atoms with Crippen LogP contribution in [0.2, 0.25) is 0 Å². The summed E-state index contributed by atoms with van der Waals surface area (Å²) in [5.74, 6) is -1.54. The Morgan fingerprint density at radius 2 is 1.88 bits per heavy atom. The predicted octanol–water partition coefficient (Wildman–Crippen LogP) is 6.35. The molecule has 8 nitrogen and oxygen atoms in total. The number of fused-ring (bicyclic) bond motifs is 1. The summed E-state index contributed by atoms with van der Waals surface area (Å²) < 4.78 is 17.3. The van der Waals surface area contributed by atoms with E-state index in [2.05, 4.69) is 58.6 Å². The number of carbonyl (C=O) groups is 1. The van der Waals surface area contributed by atoms with Gasteiger partial charge < -0.3 is 24.6 Å². The van der Waals surface area contributed by atoms with Crippen molar-refractivity contribution in [1.82, 2.24) is 9.97 Å². The van der Waals surface area contributed by atoms with Gasteiger partial charge in [0.1, 0.15) is 12.7 Å². The Bertz CT molecular complexity index is 1510. The van der Waals surface area contributed by atoms with Gasteiger partial charge in [0.15, 0.2) is 5.79 Å². The van der Waals surface area contributed by atoms with Crippen molar-refractivity contribution in [1.29, 1.82) is 0 Å². The topological polar surface area (TPSA) is 103 Å². The lowest BCUT2D eigenvalue weighted by Gasteiger charge is -2.23. The number of rotatable bonds is 9. The summed E-state index contributed by atoms with van der Waals surface area (Å²) in [6.07, 6.45) is 3.07. The average Bonchev–Trinajstić information content (AvgIpc) is 3.50. The van der Waals surface area contributed by atoms with E-state index in [0.29, 0.717) is 25.8 Å². The highest BCUT2D eigenvalue weighted by Gasteiger charge is 2.57. The maximum absolute atomic E-state index is 11.8. The van der Waals surface area contributed by atoms with Crippen molar-refractivity contribution in [2.24, 2.45) is 11.3 Å². The first kappa shape index (κ1) is 28.6. The molecule has 3 atom stereocenters. The van der Waals surface area contributed by atoms with Gasteiger partial charge >= 0.3 is 12.0 Å². The van der Waals surface area contributed by atoms with Crippen LogP contribution in [-0.4, -0.2) is 46.1 Å². The summed E-state index contributed by atoms with van der Waals surface area (Å²) in [4.78, 5) is 21.2. The molecule has 0 amide bonds. The van der Waals surface area contributed by atoms with Crippen molar-refractivity contribution in [3.05, 3.63) is 70.0 Å². The molecule has 0 bridgehead atoms. The van der Waals surface area contributed by atoms with Crippen LogP contribution in [0, 0.1) is 32.1 Å². The van der Waals surface area contributed by atoms with Crippen LogP contribution >= 0.6 is 0 Å². The number of nitrogens with one attached hydrogen (secondary N) is 1. The number of benzene rings is 2. The van der Waals surface area contributed by atoms with Crippen LogP contribution in [0.15, 0.2) is 36.4 Å². The lowest BCUT2D eigenvalue weighted by atomic mass is 9.80. The van der Waals surface area contributed by atoms with Gasteiger partial charge in [-0.15, -0.1) is 0 Å². The van der Waals surface area contributed by atoms with Crippen LogP contribution in [-0.2, 0) is 27.2 Å². The molecule has 3 aromatic rings. The van der Waals surface area contributed by atoms with Crippen LogP contribution in [0.5, 0.6) is 6.01 Å². The molecule has 1 spiro atoms. The summed E-state index contributed by atoms with van der Waals surface area (Å²) in [5, 5.41) is 13.3. The second kappa shape index (κ2) is 10.7. The molecule has 1 aliphatic heterocycles. The number of aryl methyl sites for hydroxylation is 2. The molecule has 2 heterocycles. The Balaban J connectivity index is 1.16. The van der Waals surface area contributed by atoms with Crippen LogP contribution in [0.1, 0.15) is 73.2 Å². The number of hydrogen-bond acceptors (Lipinski definition) is 7. The molecule has 222 valence electrons. The zero-order chi connectivity index (χ0) is 29.8. The number of aliphatic carboxylic acids is 1. The van der Waals surface area contributed by atoms with E-state index < -0.39 is 11.8 Å². The third-order valence-electron chi connectivity index (χ3n) is 9.38. The largest absolute Gasteiger partial charge is 0.481 e. The van der Waals surface area contributed by atoms with Gasteiger partial charge in [-0.3, -0.25) is 4.79 Å². The van der Waals surface area contributed by atoms with E-state index in [1.54, 1.807) is 0 Å². The number of ether oxygens (including phenoxy) is 3. The normalized spacial score (nSPS) is 22.1. The Hall–Kier alpha value is -3.49. The first-order valence-electron chi connectivity index (χ1n) is 14.9. The fourth-order valence-corrected chi connectivity index (χ4v) is 7.08. The van der Waals surface area contributed by atoms with Crippen LogP contribution < -0.4 is 10.1 Å². The molecule has 2 N–H and O–H groups in total. The molecular formula is C34H41N3O5. The standard InChI is InChI=1S/C34H41N3O5/c1-19-23(16-35-25-10-11-28-24(14-25)15-34(12-13-34)30(28)20(2)31(38)39)8-7-9-27(19)29-21(3)36-32(37-22(29)4)40-17-26-18-41-33(5,6)42-26/h7-11,14,20,26,30,35H,12-13,15-18H2,1-6H3,(H,38,39)/t20?,26-,30?/m0/s1. The summed E-state index contributed by atoms with van der Waals surface area (Å²) in [7, 11) is 0. The predicted molar refractivity (Wildman–Crippen MR) is 161 cm³/mol. The Morgan fingerprint density at radius 3 is 2.52 bits per heavy atom. The second-order valence-corrected chi connectivity index (χ2v) is 12.8. The number of nitrogens with zero attached hydrogens (tertiary/aromatic N) is 2. The fourth-order valence-electron chi connectivity index (χ4n) is 7.08. The highest BCUT2D eigenvalue weighted by Crippen LogP contribution is 2.65. The molecule has 2 unspecified atom stereocenters. The quantitative estimate of drug-likeness (QED) is 0.306. The van der Waals surface area contributed by atoms with Crippen molar-refractivity contribution in [3.8, 4) is 17.1 Å². The number of carboxylic acids is 1. The molecule has 42 heavy (non-hydrogen) atoms.